The highest BCUT2D eigenvalue weighted by atomic mass is 16.5. The van der Waals surface area contributed by atoms with Crippen molar-refractivity contribution in [2.45, 2.75) is 43.7 Å². The summed E-state index contributed by atoms with van der Waals surface area (Å²) in [7, 11) is 5.57. The van der Waals surface area contributed by atoms with E-state index in [-0.39, 0.29) is 18.1 Å². The van der Waals surface area contributed by atoms with Crippen LogP contribution in [0.15, 0.2) is 0 Å². The fourth-order valence-corrected chi connectivity index (χ4v) is 2.66. The Morgan fingerprint density at radius 3 is 2.67 bits per heavy atom. The summed E-state index contributed by atoms with van der Waals surface area (Å²) in [4.78, 5) is 13.0. The van der Waals surface area contributed by atoms with Crippen molar-refractivity contribution < 1.29 is 14.6 Å². The lowest BCUT2D eigenvalue weighted by atomic mass is 9.76. The zero-order valence-corrected chi connectivity index (χ0v) is 9.82. The van der Waals surface area contributed by atoms with E-state index in [2.05, 4.69) is 0 Å². The number of rotatable bonds is 4. The molecule has 2 unspecified atom stereocenters. The molecule has 0 heterocycles. The highest BCUT2D eigenvalue weighted by molar-refractivity contribution is 5.68. The van der Waals surface area contributed by atoms with Gasteiger partial charge in [0.1, 0.15) is 0 Å². The molecular weight excluding hydrogens is 194 g/mol. The molecule has 0 amide bonds. The molecule has 0 aromatic carbocycles. The standard InChI is InChI=1S/C11H21NO3/c1-12(2)11(8-10(13)14)7-5-4-6-9(11)15-3/h9H,4-8H2,1-3H3,(H,13,14). The van der Waals surface area contributed by atoms with E-state index in [1.165, 1.54) is 0 Å². The van der Waals surface area contributed by atoms with Crippen LogP contribution in [0.2, 0.25) is 0 Å². The van der Waals surface area contributed by atoms with Crippen molar-refractivity contribution >= 4 is 5.97 Å². The molecule has 1 aliphatic carbocycles. The highest BCUT2D eigenvalue weighted by Crippen LogP contribution is 2.36. The van der Waals surface area contributed by atoms with Gasteiger partial charge in [0.2, 0.25) is 0 Å². The molecule has 0 spiro atoms. The average Bonchev–Trinajstić information content (AvgIpc) is 2.17. The molecule has 0 aromatic rings. The molecule has 0 aromatic heterocycles. The molecule has 0 radical (unpaired) electrons. The second-order valence-electron chi connectivity index (χ2n) is 4.54. The van der Waals surface area contributed by atoms with Gasteiger partial charge in [-0.05, 0) is 26.9 Å². The summed E-state index contributed by atoms with van der Waals surface area (Å²) in [5.74, 6) is -0.743. The quantitative estimate of drug-likeness (QED) is 0.769. The molecule has 1 rings (SSSR count). The number of carbonyl (C=O) groups is 1. The molecule has 1 aliphatic rings. The van der Waals surface area contributed by atoms with Gasteiger partial charge in [-0.3, -0.25) is 4.79 Å². The fraction of sp³-hybridized carbons (Fsp3) is 0.909. The smallest absolute Gasteiger partial charge is 0.305 e. The summed E-state index contributed by atoms with van der Waals surface area (Å²) < 4.78 is 5.46. The monoisotopic (exact) mass is 215 g/mol. The molecule has 0 aliphatic heterocycles. The molecule has 1 fully saturated rings. The van der Waals surface area contributed by atoms with Crippen molar-refractivity contribution in [1.82, 2.24) is 4.90 Å². The third-order valence-electron chi connectivity index (χ3n) is 3.56. The van der Waals surface area contributed by atoms with E-state index in [0.717, 1.165) is 25.7 Å². The van der Waals surface area contributed by atoms with Crippen LogP contribution in [0.5, 0.6) is 0 Å². The number of methoxy groups -OCH3 is 1. The summed E-state index contributed by atoms with van der Waals surface area (Å²) in [6.07, 6.45) is 4.29. The van der Waals surface area contributed by atoms with Gasteiger partial charge < -0.3 is 14.7 Å². The lowest BCUT2D eigenvalue weighted by Crippen LogP contribution is -2.57. The lowest BCUT2D eigenvalue weighted by Gasteiger charge is -2.47. The van der Waals surface area contributed by atoms with Gasteiger partial charge in [0.25, 0.3) is 0 Å². The Morgan fingerprint density at radius 1 is 1.53 bits per heavy atom. The van der Waals surface area contributed by atoms with Crippen LogP contribution in [0.25, 0.3) is 0 Å². The number of carboxylic acid groups (broad SMARTS) is 1. The minimum Gasteiger partial charge on any atom is -0.481 e. The van der Waals surface area contributed by atoms with Crippen LogP contribution in [-0.4, -0.2) is 48.8 Å². The second kappa shape index (κ2) is 4.94. The van der Waals surface area contributed by atoms with E-state index >= 15 is 0 Å². The third-order valence-corrected chi connectivity index (χ3v) is 3.56. The summed E-state index contributed by atoms with van der Waals surface area (Å²) in [6, 6.07) is 0. The van der Waals surface area contributed by atoms with E-state index < -0.39 is 5.97 Å². The maximum absolute atomic E-state index is 11.0. The van der Waals surface area contributed by atoms with E-state index in [4.69, 9.17) is 9.84 Å². The van der Waals surface area contributed by atoms with Gasteiger partial charge in [0.15, 0.2) is 0 Å². The topological polar surface area (TPSA) is 49.8 Å². The summed E-state index contributed by atoms with van der Waals surface area (Å²) in [5.41, 5.74) is -0.321. The number of hydrogen-bond donors (Lipinski definition) is 1. The Kier molecular flexibility index (Phi) is 4.11. The first-order valence-electron chi connectivity index (χ1n) is 5.45. The molecule has 88 valence electrons. The number of hydrogen-bond acceptors (Lipinski definition) is 3. The van der Waals surface area contributed by atoms with Gasteiger partial charge in [-0.2, -0.15) is 0 Å². The van der Waals surface area contributed by atoms with Gasteiger partial charge in [0, 0.05) is 7.11 Å². The number of carboxylic acids is 1. The zero-order chi connectivity index (χ0) is 11.5. The normalized spacial score (nSPS) is 31.9. The number of nitrogens with zero attached hydrogens (tertiary/aromatic N) is 1. The van der Waals surface area contributed by atoms with Crippen LogP contribution >= 0.6 is 0 Å². The summed E-state index contributed by atoms with van der Waals surface area (Å²) >= 11 is 0. The minimum atomic E-state index is -0.743. The van der Waals surface area contributed by atoms with Crippen LogP contribution in [0.4, 0.5) is 0 Å². The summed E-state index contributed by atoms with van der Waals surface area (Å²) in [6.45, 7) is 0. The van der Waals surface area contributed by atoms with Crippen LogP contribution in [0, 0.1) is 0 Å². The Hall–Kier alpha value is -0.610. The fourth-order valence-electron chi connectivity index (χ4n) is 2.66. The third kappa shape index (κ3) is 2.49. The minimum absolute atomic E-state index is 0.0392. The maximum atomic E-state index is 11.0. The van der Waals surface area contributed by atoms with Crippen molar-refractivity contribution in [3.8, 4) is 0 Å². The Bertz CT molecular complexity index is 230. The molecule has 0 saturated heterocycles. The van der Waals surface area contributed by atoms with E-state index in [9.17, 15) is 4.79 Å². The van der Waals surface area contributed by atoms with Crippen LogP contribution in [-0.2, 0) is 9.53 Å². The van der Waals surface area contributed by atoms with Gasteiger partial charge in [-0.25, -0.2) is 0 Å². The molecule has 4 heteroatoms. The zero-order valence-electron chi connectivity index (χ0n) is 9.82. The molecule has 1 N–H and O–H groups in total. The number of likely N-dealkylation sites (N-methyl/N-ethyl adjacent to an activating group) is 1. The first-order valence-corrected chi connectivity index (χ1v) is 5.45. The van der Waals surface area contributed by atoms with Crippen LogP contribution in [0.1, 0.15) is 32.1 Å². The van der Waals surface area contributed by atoms with Crippen LogP contribution in [0.3, 0.4) is 0 Å². The Morgan fingerprint density at radius 2 is 2.20 bits per heavy atom. The van der Waals surface area contributed by atoms with Crippen molar-refractivity contribution in [2.75, 3.05) is 21.2 Å². The van der Waals surface area contributed by atoms with Gasteiger partial charge in [-0.1, -0.05) is 12.8 Å². The molecular formula is C11H21NO3. The van der Waals surface area contributed by atoms with Crippen molar-refractivity contribution in [1.29, 1.82) is 0 Å². The number of ether oxygens (including phenoxy) is 1. The van der Waals surface area contributed by atoms with Crippen molar-refractivity contribution in [2.24, 2.45) is 0 Å². The SMILES string of the molecule is COC1CCCCC1(CC(=O)O)N(C)C. The molecule has 4 nitrogen and oxygen atoms in total. The highest BCUT2D eigenvalue weighted by Gasteiger charge is 2.44. The predicted octanol–water partition coefficient (Wildman–Crippen LogP) is 1.35. The van der Waals surface area contributed by atoms with Crippen LogP contribution < -0.4 is 0 Å². The Balaban J connectivity index is 2.89. The first kappa shape index (κ1) is 12.5. The lowest BCUT2D eigenvalue weighted by molar-refractivity contribution is -0.145. The molecule has 2 atom stereocenters. The number of aliphatic carboxylic acids is 1. The van der Waals surface area contributed by atoms with E-state index in [0.29, 0.717) is 0 Å². The van der Waals surface area contributed by atoms with E-state index in [1.54, 1.807) is 7.11 Å². The van der Waals surface area contributed by atoms with Crippen molar-refractivity contribution in [3.05, 3.63) is 0 Å². The molecule has 1 saturated carbocycles. The predicted molar refractivity (Wildman–Crippen MR) is 57.9 cm³/mol. The second-order valence-corrected chi connectivity index (χ2v) is 4.54. The largest absolute Gasteiger partial charge is 0.481 e. The van der Waals surface area contributed by atoms with E-state index in [1.807, 2.05) is 19.0 Å². The maximum Gasteiger partial charge on any atom is 0.305 e. The van der Waals surface area contributed by atoms with Gasteiger partial charge in [0.05, 0.1) is 18.1 Å². The molecule has 15 heavy (non-hydrogen) atoms. The van der Waals surface area contributed by atoms with Gasteiger partial charge in [-0.15, -0.1) is 0 Å². The molecule has 0 bridgehead atoms. The summed E-state index contributed by atoms with van der Waals surface area (Å²) in [5, 5.41) is 9.01. The Labute approximate surface area is 91.2 Å². The van der Waals surface area contributed by atoms with Crippen molar-refractivity contribution in [3.63, 3.8) is 0 Å². The van der Waals surface area contributed by atoms with Gasteiger partial charge >= 0.3 is 5.97 Å². The average molecular weight is 215 g/mol. The first-order chi connectivity index (χ1) is 7.03.